The molecule has 0 spiro atoms. The van der Waals surface area contributed by atoms with Gasteiger partial charge in [-0.2, -0.15) is 0 Å². The van der Waals surface area contributed by atoms with Crippen molar-refractivity contribution >= 4 is 33.7 Å². The Hall–Kier alpha value is -2.69. The SMILES string of the molecule is O=c1[nH]c(C2=CC(N3CC=C(c4ccccc4)CC3)CC2)nc2c(Cl)cccc12. The fraction of sp³-hybridized carbons (Fsp3) is 0.250. The number of aromatic amines is 1. The summed E-state index contributed by atoms with van der Waals surface area (Å²) in [4.78, 5) is 22.6. The third-order valence-electron chi connectivity index (χ3n) is 5.95. The van der Waals surface area contributed by atoms with Crippen molar-refractivity contribution in [3.63, 3.8) is 0 Å². The summed E-state index contributed by atoms with van der Waals surface area (Å²) >= 11 is 6.27. The van der Waals surface area contributed by atoms with E-state index in [4.69, 9.17) is 11.6 Å². The van der Waals surface area contributed by atoms with Gasteiger partial charge in [-0.25, -0.2) is 4.98 Å². The number of hydrogen-bond acceptors (Lipinski definition) is 3. The predicted octanol–water partition coefficient (Wildman–Crippen LogP) is 4.91. The molecule has 1 N–H and O–H groups in total. The van der Waals surface area contributed by atoms with E-state index in [0.29, 0.717) is 27.8 Å². The molecular formula is C24H22ClN3O. The van der Waals surface area contributed by atoms with Gasteiger partial charge in [-0.05, 0) is 48.1 Å². The number of benzene rings is 2. The van der Waals surface area contributed by atoms with Crippen molar-refractivity contribution in [3.8, 4) is 0 Å². The van der Waals surface area contributed by atoms with Crippen LogP contribution in [0.3, 0.4) is 0 Å². The summed E-state index contributed by atoms with van der Waals surface area (Å²) in [5.74, 6) is 0.649. The first kappa shape index (κ1) is 18.3. The van der Waals surface area contributed by atoms with E-state index in [9.17, 15) is 4.79 Å². The molecule has 0 amide bonds. The Kier molecular flexibility index (Phi) is 4.82. The van der Waals surface area contributed by atoms with Gasteiger partial charge in [-0.15, -0.1) is 0 Å². The maximum absolute atomic E-state index is 12.5. The van der Waals surface area contributed by atoms with Crippen LogP contribution in [0.1, 0.15) is 30.7 Å². The Balaban J connectivity index is 1.38. The van der Waals surface area contributed by atoms with Crippen LogP contribution in [0.25, 0.3) is 22.0 Å². The summed E-state index contributed by atoms with van der Waals surface area (Å²) < 4.78 is 0. The zero-order chi connectivity index (χ0) is 19.8. The molecule has 0 saturated heterocycles. The van der Waals surface area contributed by atoms with E-state index >= 15 is 0 Å². The van der Waals surface area contributed by atoms with Gasteiger partial charge >= 0.3 is 0 Å². The molecule has 2 heterocycles. The number of para-hydroxylation sites is 1. The smallest absolute Gasteiger partial charge is 0.259 e. The number of aromatic nitrogens is 2. The van der Waals surface area contributed by atoms with E-state index in [1.54, 1.807) is 18.2 Å². The molecule has 5 rings (SSSR count). The van der Waals surface area contributed by atoms with Crippen molar-refractivity contribution < 1.29 is 0 Å². The molecule has 2 aliphatic rings. The summed E-state index contributed by atoms with van der Waals surface area (Å²) in [6.07, 6.45) is 7.64. The minimum atomic E-state index is -0.134. The summed E-state index contributed by atoms with van der Waals surface area (Å²) in [5.41, 5.74) is 4.30. The second-order valence-electron chi connectivity index (χ2n) is 7.69. The number of allylic oxidation sites excluding steroid dienone is 1. The molecule has 29 heavy (non-hydrogen) atoms. The van der Waals surface area contributed by atoms with E-state index < -0.39 is 0 Å². The molecule has 146 valence electrons. The van der Waals surface area contributed by atoms with Gasteiger partial charge in [0, 0.05) is 19.1 Å². The quantitative estimate of drug-likeness (QED) is 0.675. The number of nitrogens with one attached hydrogen (secondary N) is 1. The second-order valence-corrected chi connectivity index (χ2v) is 8.10. The average molecular weight is 404 g/mol. The van der Waals surface area contributed by atoms with E-state index in [2.05, 4.69) is 57.4 Å². The Morgan fingerprint density at radius 3 is 2.69 bits per heavy atom. The number of H-pyrrole nitrogens is 1. The molecule has 1 aliphatic carbocycles. The maximum Gasteiger partial charge on any atom is 0.259 e. The fourth-order valence-electron chi connectivity index (χ4n) is 4.37. The highest BCUT2D eigenvalue weighted by Crippen LogP contribution is 2.32. The molecule has 0 bridgehead atoms. The van der Waals surface area contributed by atoms with Crippen LogP contribution in [0.2, 0.25) is 5.02 Å². The van der Waals surface area contributed by atoms with Gasteiger partial charge in [0.05, 0.1) is 15.9 Å². The van der Waals surface area contributed by atoms with Crippen molar-refractivity contribution in [1.82, 2.24) is 14.9 Å². The van der Waals surface area contributed by atoms with E-state index in [1.807, 2.05) is 0 Å². The first-order valence-electron chi connectivity index (χ1n) is 10.1. The van der Waals surface area contributed by atoms with Crippen molar-refractivity contribution in [2.45, 2.75) is 25.3 Å². The Bertz CT molecular complexity index is 1180. The molecule has 4 nitrogen and oxygen atoms in total. The standard InChI is InChI=1S/C24H22ClN3O/c25-21-8-4-7-20-22(21)26-23(27-24(20)29)18-9-10-19(15-18)28-13-11-17(12-14-28)16-5-2-1-3-6-16/h1-8,11,15,19H,9-10,12-14H2,(H,26,27,29). The molecule has 1 aliphatic heterocycles. The number of rotatable bonds is 3. The first-order chi connectivity index (χ1) is 14.2. The van der Waals surface area contributed by atoms with Gasteiger partial charge in [0.15, 0.2) is 0 Å². The van der Waals surface area contributed by atoms with Gasteiger partial charge in [0.1, 0.15) is 5.82 Å². The minimum Gasteiger partial charge on any atom is -0.306 e. The van der Waals surface area contributed by atoms with Crippen LogP contribution < -0.4 is 5.56 Å². The molecule has 1 unspecified atom stereocenters. The lowest BCUT2D eigenvalue weighted by Crippen LogP contribution is -2.36. The highest BCUT2D eigenvalue weighted by molar-refractivity contribution is 6.35. The van der Waals surface area contributed by atoms with Crippen LogP contribution in [0.4, 0.5) is 0 Å². The lowest BCUT2D eigenvalue weighted by Gasteiger charge is -2.30. The topological polar surface area (TPSA) is 49.0 Å². The Morgan fingerprint density at radius 2 is 1.90 bits per heavy atom. The number of halogens is 1. The lowest BCUT2D eigenvalue weighted by atomic mass is 9.98. The zero-order valence-electron chi connectivity index (χ0n) is 16.1. The third kappa shape index (κ3) is 3.54. The van der Waals surface area contributed by atoms with E-state index in [-0.39, 0.29) is 5.56 Å². The molecule has 2 aromatic carbocycles. The van der Waals surface area contributed by atoms with Crippen molar-refractivity contribution in [3.05, 3.63) is 87.4 Å². The maximum atomic E-state index is 12.5. The van der Waals surface area contributed by atoms with Crippen molar-refractivity contribution in [2.24, 2.45) is 0 Å². The highest BCUT2D eigenvalue weighted by Gasteiger charge is 2.26. The molecule has 1 atom stereocenters. The summed E-state index contributed by atoms with van der Waals surface area (Å²) in [6.45, 7) is 1.99. The van der Waals surface area contributed by atoms with Gasteiger partial charge in [-0.1, -0.05) is 60.2 Å². The predicted molar refractivity (Wildman–Crippen MR) is 119 cm³/mol. The third-order valence-corrected chi connectivity index (χ3v) is 6.25. The van der Waals surface area contributed by atoms with Crippen LogP contribution in [-0.2, 0) is 0 Å². The summed E-state index contributed by atoms with van der Waals surface area (Å²) in [6, 6.07) is 16.3. The zero-order valence-corrected chi connectivity index (χ0v) is 16.8. The molecule has 3 aromatic rings. The number of hydrogen-bond donors (Lipinski definition) is 1. The van der Waals surface area contributed by atoms with Gasteiger partial charge < -0.3 is 4.98 Å². The van der Waals surface area contributed by atoms with Gasteiger partial charge in [0.2, 0.25) is 0 Å². The van der Waals surface area contributed by atoms with Crippen LogP contribution >= 0.6 is 11.6 Å². The van der Waals surface area contributed by atoms with E-state index in [1.165, 1.54) is 11.1 Å². The minimum absolute atomic E-state index is 0.134. The normalized spacial score (nSPS) is 20.0. The summed E-state index contributed by atoms with van der Waals surface area (Å²) in [5, 5.41) is 1.05. The monoisotopic (exact) mass is 403 g/mol. The van der Waals surface area contributed by atoms with Gasteiger partial charge in [0.25, 0.3) is 5.56 Å². The largest absolute Gasteiger partial charge is 0.306 e. The number of nitrogens with zero attached hydrogens (tertiary/aromatic N) is 2. The molecule has 5 heteroatoms. The highest BCUT2D eigenvalue weighted by atomic mass is 35.5. The Labute approximate surface area is 174 Å². The van der Waals surface area contributed by atoms with Crippen molar-refractivity contribution in [2.75, 3.05) is 13.1 Å². The second kappa shape index (κ2) is 7.62. The molecule has 0 radical (unpaired) electrons. The lowest BCUT2D eigenvalue weighted by molar-refractivity contribution is 0.250. The average Bonchev–Trinajstić information content (AvgIpc) is 3.25. The van der Waals surface area contributed by atoms with Crippen LogP contribution in [0.5, 0.6) is 0 Å². The van der Waals surface area contributed by atoms with E-state index in [0.717, 1.165) is 37.9 Å². The molecular weight excluding hydrogens is 382 g/mol. The van der Waals surface area contributed by atoms with Crippen LogP contribution in [-0.4, -0.2) is 34.0 Å². The molecule has 0 fully saturated rings. The van der Waals surface area contributed by atoms with Crippen LogP contribution in [0, 0.1) is 0 Å². The van der Waals surface area contributed by atoms with Crippen LogP contribution in [0.15, 0.2) is 65.5 Å². The summed E-state index contributed by atoms with van der Waals surface area (Å²) in [7, 11) is 0. The fourth-order valence-corrected chi connectivity index (χ4v) is 4.58. The number of fused-ring (bicyclic) bond motifs is 1. The Morgan fingerprint density at radius 1 is 1.03 bits per heavy atom. The first-order valence-corrected chi connectivity index (χ1v) is 10.4. The van der Waals surface area contributed by atoms with Gasteiger partial charge in [-0.3, -0.25) is 9.69 Å². The molecule has 0 saturated carbocycles. The van der Waals surface area contributed by atoms with Crippen molar-refractivity contribution in [1.29, 1.82) is 0 Å². The molecule has 1 aromatic heterocycles.